The van der Waals surface area contributed by atoms with Crippen LogP contribution in [0.4, 0.5) is 0 Å². The molecule has 1 heterocycles. The maximum atomic E-state index is 11.8. The summed E-state index contributed by atoms with van der Waals surface area (Å²) in [7, 11) is 1.64. The number of nitrogens with one attached hydrogen (secondary N) is 1. The number of rotatable bonds is 2. The number of aromatic amines is 1. The Hall–Kier alpha value is -2.29. The molecule has 3 aromatic rings. The molecule has 0 fully saturated rings. The summed E-state index contributed by atoms with van der Waals surface area (Å²) in [5, 5.41) is 2.16. The molecule has 0 radical (unpaired) electrons. The number of aryl methyl sites for hydroxylation is 1. The number of H-pyrrole nitrogens is 1. The van der Waals surface area contributed by atoms with Crippen LogP contribution in [0.25, 0.3) is 21.8 Å². The van der Waals surface area contributed by atoms with Crippen LogP contribution in [0.3, 0.4) is 0 Å². The Kier molecular flexibility index (Phi) is 2.78. The number of methoxy groups -OCH3 is 1. The first kappa shape index (κ1) is 12.7. The van der Waals surface area contributed by atoms with Crippen molar-refractivity contribution >= 4 is 27.6 Å². The van der Waals surface area contributed by atoms with Crippen molar-refractivity contribution in [1.29, 1.82) is 0 Å². The van der Waals surface area contributed by atoms with Crippen LogP contribution in [0.2, 0.25) is 0 Å². The number of hydrogen-bond donors (Lipinski definition) is 1. The summed E-state index contributed by atoms with van der Waals surface area (Å²) in [5.41, 5.74) is 4.81. The third kappa shape index (κ3) is 1.70. The standard InChI is InChI=1S/C17H17NO2/c1-9-5-6-15-13(7-9)14-8-12(11(3)19)10(2)17(20-4)16(14)18-15/h5-8,18H,1-4H3. The molecule has 0 bridgehead atoms. The van der Waals surface area contributed by atoms with E-state index >= 15 is 0 Å². The van der Waals surface area contributed by atoms with Gasteiger partial charge < -0.3 is 9.72 Å². The van der Waals surface area contributed by atoms with Gasteiger partial charge in [-0.15, -0.1) is 0 Å². The highest BCUT2D eigenvalue weighted by molar-refractivity contribution is 6.13. The second-order valence-corrected chi connectivity index (χ2v) is 5.24. The second-order valence-electron chi connectivity index (χ2n) is 5.24. The van der Waals surface area contributed by atoms with Gasteiger partial charge in [0.25, 0.3) is 0 Å². The van der Waals surface area contributed by atoms with Crippen molar-refractivity contribution in [1.82, 2.24) is 4.98 Å². The molecule has 0 atom stereocenters. The van der Waals surface area contributed by atoms with E-state index in [-0.39, 0.29) is 5.78 Å². The quantitative estimate of drug-likeness (QED) is 0.709. The number of hydrogen-bond acceptors (Lipinski definition) is 2. The Labute approximate surface area is 117 Å². The summed E-state index contributed by atoms with van der Waals surface area (Å²) < 4.78 is 5.53. The zero-order valence-electron chi connectivity index (χ0n) is 12.1. The van der Waals surface area contributed by atoms with Gasteiger partial charge >= 0.3 is 0 Å². The molecule has 0 aliphatic heterocycles. The monoisotopic (exact) mass is 267 g/mol. The van der Waals surface area contributed by atoms with E-state index in [4.69, 9.17) is 4.74 Å². The van der Waals surface area contributed by atoms with Crippen LogP contribution < -0.4 is 4.74 Å². The van der Waals surface area contributed by atoms with E-state index in [0.29, 0.717) is 0 Å². The fourth-order valence-corrected chi connectivity index (χ4v) is 2.84. The van der Waals surface area contributed by atoms with Crippen LogP contribution in [0.1, 0.15) is 28.4 Å². The lowest BCUT2D eigenvalue weighted by molar-refractivity contribution is 0.101. The van der Waals surface area contributed by atoms with E-state index in [2.05, 4.69) is 30.1 Å². The third-order valence-corrected chi connectivity index (χ3v) is 3.84. The molecule has 1 aromatic heterocycles. The van der Waals surface area contributed by atoms with Gasteiger partial charge in [0.15, 0.2) is 5.78 Å². The fourth-order valence-electron chi connectivity index (χ4n) is 2.84. The van der Waals surface area contributed by atoms with Crippen LogP contribution in [0.15, 0.2) is 24.3 Å². The molecule has 3 nitrogen and oxygen atoms in total. The number of benzene rings is 2. The molecule has 0 aliphatic carbocycles. The molecule has 20 heavy (non-hydrogen) atoms. The largest absolute Gasteiger partial charge is 0.494 e. The molecule has 0 spiro atoms. The SMILES string of the molecule is COc1c(C)c(C(C)=O)cc2c1[nH]c1ccc(C)cc12. The maximum Gasteiger partial charge on any atom is 0.160 e. The zero-order chi connectivity index (χ0) is 14.4. The highest BCUT2D eigenvalue weighted by atomic mass is 16.5. The van der Waals surface area contributed by atoms with E-state index in [1.165, 1.54) is 5.56 Å². The lowest BCUT2D eigenvalue weighted by Gasteiger charge is -2.10. The van der Waals surface area contributed by atoms with Gasteiger partial charge in [-0.05, 0) is 39.0 Å². The van der Waals surface area contributed by atoms with Crippen LogP contribution in [0.5, 0.6) is 5.75 Å². The van der Waals surface area contributed by atoms with E-state index in [1.807, 2.05) is 13.0 Å². The van der Waals surface area contributed by atoms with Gasteiger partial charge in [0.05, 0.1) is 12.6 Å². The highest BCUT2D eigenvalue weighted by Crippen LogP contribution is 2.36. The van der Waals surface area contributed by atoms with Crippen molar-refractivity contribution in [3.05, 3.63) is 41.0 Å². The average molecular weight is 267 g/mol. The Balaban J connectivity index is 2.53. The van der Waals surface area contributed by atoms with Crippen molar-refractivity contribution in [3.8, 4) is 5.75 Å². The van der Waals surface area contributed by atoms with Gasteiger partial charge in [0.1, 0.15) is 5.75 Å². The molecule has 0 saturated heterocycles. The minimum atomic E-state index is 0.0599. The van der Waals surface area contributed by atoms with Gasteiger partial charge in [-0.3, -0.25) is 4.79 Å². The molecule has 3 rings (SSSR count). The van der Waals surface area contributed by atoms with Gasteiger partial charge in [0, 0.05) is 27.4 Å². The van der Waals surface area contributed by atoms with E-state index in [1.54, 1.807) is 14.0 Å². The normalized spacial score (nSPS) is 11.2. The van der Waals surface area contributed by atoms with Gasteiger partial charge in [-0.25, -0.2) is 0 Å². The second kappa shape index (κ2) is 4.37. The van der Waals surface area contributed by atoms with Crippen LogP contribution >= 0.6 is 0 Å². The molecule has 2 aromatic carbocycles. The summed E-state index contributed by atoms with van der Waals surface area (Å²) >= 11 is 0. The third-order valence-electron chi connectivity index (χ3n) is 3.84. The summed E-state index contributed by atoms with van der Waals surface area (Å²) in [6.45, 7) is 5.58. The van der Waals surface area contributed by atoms with Gasteiger partial charge in [0.2, 0.25) is 0 Å². The van der Waals surface area contributed by atoms with Crippen molar-refractivity contribution < 1.29 is 9.53 Å². The van der Waals surface area contributed by atoms with Gasteiger partial charge in [-0.2, -0.15) is 0 Å². The molecular formula is C17H17NO2. The number of aromatic nitrogens is 1. The van der Waals surface area contributed by atoms with Crippen molar-refractivity contribution in [2.75, 3.05) is 7.11 Å². The molecular weight excluding hydrogens is 250 g/mol. The molecule has 102 valence electrons. The molecule has 1 N–H and O–H groups in total. The number of carbonyl (C=O) groups is 1. The Morgan fingerprint density at radius 2 is 1.90 bits per heavy atom. The van der Waals surface area contributed by atoms with Crippen molar-refractivity contribution in [2.45, 2.75) is 20.8 Å². The summed E-state index contributed by atoms with van der Waals surface area (Å²) in [5.74, 6) is 0.811. The molecule has 0 amide bonds. The van der Waals surface area contributed by atoms with E-state index in [0.717, 1.165) is 38.7 Å². The summed E-state index contributed by atoms with van der Waals surface area (Å²) in [6.07, 6.45) is 0. The topological polar surface area (TPSA) is 42.1 Å². The van der Waals surface area contributed by atoms with Gasteiger partial charge in [-0.1, -0.05) is 11.6 Å². The predicted octanol–water partition coefficient (Wildman–Crippen LogP) is 4.15. The zero-order valence-corrected chi connectivity index (χ0v) is 12.1. The minimum absolute atomic E-state index is 0.0599. The Morgan fingerprint density at radius 1 is 1.15 bits per heavy atom. The molecule has 0 saturated carbocycles. The van der Waals surface area contributed by atoms with Crippen molar-refractivity contribution in [3.63, 3.8) is 0 Å². The highest BCUT2D eigenvalue weighted by Gasteiger charge is 2.17. The number of ether oxygens (including phenoxy) is 1. The molecule has 3 heteroatoms. The van der Waals surface area contributed by atoms with Crippen LogP contribution in [-0.4, -0.2) is 17.9 Å². The lowest BCUT2D eigenvalue weighted by Crippen LogP contribution is -1.99. The summed E-state index contributed by atoms with van der Waals surface area (Å²) in [6, 6.07) is 8.23. The molecule has 0 aliphatic rings. The summed E-state index contributed by atoms with van der Waals surface area (Å²) in [4.78, 5) is 15.2. The lowest BCUT2D eigenvalue weighted by atomic mass is 10.00. The minimum Gasteiger partial charge on any atom is -0.494 e. The number of Topliss-reactive ketones (excluding diaryl/α,β-unsaturated/α-hetero) is 1. The Morgan fingerprint density at radius 3 is 2.55 bits per heavy atom. The number of ketones is 1. The number of fused-ring (bicyclic) bond motifs is 3. The Bertz CT molecular complexity index is 843. The van der Waals surface area contributed by atoms with E-state index in [9.17, 15) is 4.79 Å². The maximum absolute atomic E-state index is 11.8. The predicted molar refractivity (Wildman–Crippen MR) is 81.8 cm³/mol. The van der Waals surface area contributed by atoms with E-state index < -0.39 is 0 Å². The smallest absolute Gasteiger partial charge is 0.160 e. The fraction of sp³-hybridized carbons (Fsp3) is 0.235. The van der Waals surface area contributed by atoms with Crippen molar-refractivity contribution in [2.24, 2.45) is 0 Å². The van der Waals surface area contributed by atoms with Crippen LogP contribution in [0, 0.1) is 13.8 Å². The average Bonchev–Trinajstić information content (AvgIpc) is 2.75. The first-order chi connectivity index (χ1) is 9.52. The number of carbonyl (C=O) groups excluding carboxylic acids is 1. The molecule has 0 unspecified atom stereocenters. The first-order valence-electron chi connectivity index (χ1n) is 6.63. The van der Waals surface area contributed by atoms with Crippen LogP contribution in [-0.2, 0) is 0 Å². The first-order valence-corrected chi connectivity index (χ1v) is 6.63.